The van der Waals surface area contributed by atoms with E-state index in [0.29, 0.717) is 5.56 Å². The molecule has 0 aliphatic rings. The third-order valence-electron chi connectivity index (χ3n) is 1.75. The van der Waals surface area contributed by atoms with Crippen molar-refractivity contribution in [2.45, 2.75) is 12.4 Å². The monoisotopic (exact) mass is 183 g/mol. The number of aliphatic hydroxyl groups excluding tert-OH is 1. The average Bonchev–Trinajstić information content (AvgIpc) is 2.21. The van der Waals surface area contributed by atoms with Gasteiger partial charge in [0.25, 0.3) is 0 Å². The van der Waals surface area contributed by atoms with Crippen molar-refractivity contribution in [3.05, 3.63) is 30.1 Å². The van der Waals surface area contributed by atoms with Gasteiger partial charge in [-0.15, -0.1) is 0 Å². The second kappa shape index (κ2) is 4.91. The van der Waals surface area contributed by atoms with E-state index in [9.17, 15) is 5.11 Å². The number of ether oxygens (including phenoxy) is 2. The lowest BCUT2D eigenvalue weighted by Crippen LogP contribution is -2.22. The van der Waals surface area contributed by atoms with Gasteiger partial charge < -0.3 is 14.6 Å². The van der Waals surface area contributed by atoms with Crippen molar-refractivity contribution >= 4 is 0 Å². The van der Waals surface area contributed by atoms with Crippen LogP contribution in [-0.4, -0.2) is 30.6 Å². The Hall–Kier alpha value is -0.970. The highest BCUT2D eigenvalue weighted by Gasteiger charge is 2.19. The highest BCUT2D eigenvalue weighted by molar-refractivity contribution is 5.12. The van der Waals surface area contributed by atoms with Crippen molar-refractivity contribution < 1.29 is 14.6 Å². The fourth-order valence-corrected chi connectivity index (χ4v) is 1.06. The molecule has 0 spiro atoms. The van der Waals surface area contributed by atoms with Crippen molar-refractivity contribution in [2.75, 3.05) is 14.2 Å². The molecule has 0 radical (unpaired) electrons. The fraction of sp³-hybridized carbons (Fsp3) is 0.444. The van der Waals surface area contributed by atoms with Crippen LogP contribution in [0.1, 0.15) is 11.7 Å². The number of methoxy groups -OCH3 is 2. The van der Waals surface area contributed by atoms with Crippen LogP contribution < -0.4 is 0 Å². The smallest absolute Gasteiger partial charge is 0.187 e. The van der Waals surface area contributed by atoms with E-state index in [1.807, 2.05) is 0 Å². The molecule has 0 fully saturated rings. The SMILES string of the molecule is COC(OC)C(O)c1cccnc1. The second-order valence-electron chi connectivity index (χ2n) is 2.57. The summed E-state index contributed by atoms with van der Waals surface area (Å²) in [5.41, 5.74) is 0.677. The Kier molecular flexibility index (Phi) is 3.82. The van der Waals surface area contributed by atoms with Crippen LogP contribution in [0.25, 0.3) is 0 Å². The van der Waals surface area contributed by atoms with Crippen LogP contribution in [0.15, 0.2) is 24.5 Å². The minimum absolute atomic E-state index is 0.649. The molecular formula is C9H13NO3. The van der Waals surface area contributed by atoms with Crippen molar-refractivity contribution in [2.24, 2.45) is 0 Å². The molecule has 4 heteroatoms. The zero-order valence-electron chi connectivity index (χ0n) is 7.68. The Morgan fingerprint density at radius 3 is 2.54 bits per heavy atom. The van der Waals surface area contributed by atoms with E-state index in [2.05, 4.69) is 4.98 Å². The molecule has 0 aromatic carbocycles. The quantitative estimate of drug-likeness (QED) is 0.699. The number of rotatable bonds is 4. The van der Waals surface area contributed by atoms with Crippen molar-refractivity contribution in [1.82, 2.24) is 4.98 Å². The van der Waals surface area contributed by atoms with Gasteiger partial charge in [-0.25, -0.2) is 0 Å². The zero-order chi connectivity index (χ0) is 9.68. The molecule has 1 aromatic heterocycles. The minimum Gasteiger partial charge on any atom is -0.383 e. The maximum Gasteiger partial charge on any atom is 0.187 e. The van der Waals surface area contributed by atoms with Gasteiger partial charge in [-0.1, -0.05) is 6.07 Å². The predicted molar refractivity (Wildman–Crippen MR) is 47.0 cm³/mol. The van der Waals surface area contributed by atoms with Crippen LogP contribution in [0.5, 0.6) is 0 Å². The maximum absolute atomic E-state index is 9.69. The summed E-state index contributed by atoms with van der Waals surface area (Å²) in [5.74, 6) is 0. The summed E-state index contributed by atoms with van der Waals surface area (Å²) in [6.45, 7) is 0. The number of aromatic nitrogens is 1. The van der Waals surface area contributed by atoms with E-state index >= 15 is 0 Å². The van der Waals surface area contributed by atoms with Gasteiger partial charge in [-0.3, -0.25) is 4.98 Å². The van der Waals surface area contributed by atoms with Crippen molar-refractivity contribution in [3.63, 3.8) is 0 Å². The number of aliphatic hydroxyl groups is 1. The predicted octanol–water partition coefficient (Wildman–Crippen LogP) is 0.734. The van der Waals surface area contributed by atoms with Crippen LogP contribution in [0.3, 0.4) is 0 Å². The van der Waals surface area contributed by atoms with E-state index in [4.69, 9.17) is 9.47 Å². The first-order valence-corrected chi connectivity index (χ1v) is 3.93. The Morgan fingerprint density at radius 2 is 2.08 bits per heavy atom. The molecule has 0 aliphatic heterocycles. The van der Waals surface area contributed by atoms with Gasteiger partial charge in [-0.2, -0.15) is 0 Å². The van der Waals surface area contributed by atoms with E-state index in [1.54, 1.807) is 24.5 Å². The summed E-state index contributed by atoms with van der Waals surface area (Å²) >= 11 is 0. The first kappa shape index (κ1) is 10.1. The summed E-state index contributed by atoms with van der Waals surface area (Å²) in [7, 11) is 2.96. The Labute approximate surface area is 77.1 Å². The van der Waals surface area contributed by atoms with E-state index in [-0.39, 0.29) is 0 Å². The Bertz CT molecular complexity index is 236. The highest BCUT2D eigenvalue weighted by Crippen LogP contribution is 2.17. The highest BCUT2D eigenvalue weighted by atomic mass is 16.7. The van der Waals surface area contributed by atoms with Crippen LogP contribution in [-0.2, 0) is 9.47 Å². The molecule has 72 valence electrons. The van der Waals surface area contributed by atoms with Gasteiger partial charge >= 0.3 is 0 Å². The summed E-state index contributed by atoms with van der Waals surface area (Å²) in [4.78, 5) is 3.89. The lowest BCUT2D eigenvalue weighted by molar-refractivity contribution is -0.166. The molecule has 1 unspecified atom stereocenters. The number of hydrogen-bond acceptors (Lipinski definition) is 4. The molecule has 13 heavy (non-hydrogen) atoms. The Morgan fingerprint density at radius 1 is 1.38 bits per heavy atom. The molecule has 0 amide bonds. The number of pyridine rings is 1. The van der Waals surface area contributed by atoms with Gasteiger partial charge in [0.05, 0.1) is 0 Å². The van der Waals surface area contributed by atoms with Crippen LogP contribution in [0.2, 0.25) is 0 Å². The van der Waals surface area contributed by atoms with Gasteiger partial charge in [-0.05, 0) is 6.07 Å². The molecule has 1 heterocycles. The molecule has 0 saturated heterocycles. The molecule has 4 nitrogen and oxygen atoms in total. The van der Waals surface area contributed by atoms with Gasteiger partial charge in [0.1, 0.15) is 6.10 Å². The standard InChI is InChI=1S/C9H13NO3/c1-12-9(13-2)8(11)7-4-3-5-10-6-7/h3-6,8-9,11H,1-2H3. The lowest BCUT2D eigenvalue weighted by atomic mass is 10.1. The third kappa shape index (κ3) is 2.48. The average molecular weight is 183 g/mol. The topological polar surface area (TPSA) is 51.6 Å². The molecule has 1 N–H and O–H groups in total. The molecule has 0 aliphatic carbocycles. The Balaban J connectivity index is 2.72. The molecule has 0 bridgehead atoms. The maximum atomic E-state index is 9.69. The van der Waals surface area contributed by atoms with Gasteiger partial charge in [0.2, 0.25) is 0 Å². The summed E-state index contributed by atoms with van der Waals surface area (Å²) in [6, 6.07) is 3.52. The molecule has 1 atom stereocenters. The van der Waals surface area contributed by atoms with Crippen LogP contribution >= 0.6 is 0 Å². The largest absolute Gasteiger partial charge is 0.383 e. The van der Waals surface area contributed by atoms with Gasteiger partial charge in [0.15, 0.2) is 6.29 Å². The summed E-state index contributed by atoms with van der Waals surface area (Å²) < 4.78 is 9.83. The molecule has 1 aromatic rings. The van der Waals surface area contributed by atoms with E-state index in [1.165, 1.54) is 14.2 Å². The molecule has 0 saturated carbocycles. The molecule has 1 rings (SSSR count). The van der Waals surface area contributed by atoms with Crippen LogP contribution in [0, 0.1) is 0 Å². The van der Waals surface area contributed by atoms with Gasteiger partial charge in [0, 0.05) is 32.2 Å². The zero-order valence-corrected chi connectivity index (χ0v) is 7.68. The number of hydrogen-bond donors (Lipinski definition) is 1. The first-order valence-electron chi connectivity index (χ1n) is 3.93. The van der Waals surface area contributed by atoms with Crippen molar-refractivity contribution in [3.8, 4) is 0 Å². The molecular weight excluding hydrogens is 170 g/mol. The first-order chi connectivity index (χ1) is 6.29. The van der Waals surface area contributed by atoms with Crippen LogP contribution in [0.4, 0.5) is 0 Å². The van der Waals surface area contributed by atoms with E-state index in [0.717, 1.165) is 0 Å². The third-order valence-corrected chi connectivity index (χ3v) is 1.75. The number of nitrogens with zero attached hydrogens (tertiary/aromatic N) is 1. The van der Waals surface area contributed by atoms with Crippen molar-refractivity contribution in [1.29, 1.82) is 0 Å². The minimum atomic E-state index is -0.802. The fourth-order valence-electron chi connectivity index (χ4n) is 1.06. The normalized spacial score (nSPS) is 13.2. The lowest BCUT2D eigenvalue weighted by Gasteiger charge is -2.19. The second-order valence-corrected chi connectivity index (χ2v) is 2.57. The van der Waals surface area contributed by atoms with E-state index < -0.39 is 12.4 Å². The summed E-state index contributed by atoms with van der Waals surface area (Å²) in [5, 5.41) is 9.69. The summed E-state index contributed by atoms with van der Waals surface area (Å²) in [6.07, 6.45) is 1.77.